The molecule has 0 unspecified atom stereocenters. The lowest BCUT2D eigenvalue weighted by Crippen LogP contribution is -1.90. The highest BCUT2D eigenvalue weighted by molar-refractivity contribution is 7.20. The van der Waals surface area contributed by atoms with Crippen molar-refractivity contribution < 1.29 is 9.90 Å². The Hall–Kier alpha value is -1.36. The number of aromatic nitrogens is 2. The number of fused-ring (bicyclic) bond motifs is 1. The Labute approximate surface area is 72.1 Å². The molecular weight excluding hydrogens is 176 g/mol. The largest absolute Gasteiger partial charge is 0.477 e. The maximum absolute atomic E-state index is 10.6. The fraction of sp³-hybridized carbons (Fsp3) is 0.143. The first-order valence-electron chi connectivity index (χ1n) is 3.32. The Kier molecular flexibility index (Phi) is 1.41. The van der Waals surface area contributed by atoms with E-state index in [-0.39, 0.29) is 0 Å². The predicted molar refractivity (Wildman–Crippen MR) is 45.6 cm³/mol. The van der Waals surface area contributed by atoms with Gasteiger partial charge < -0.3 is 9.67 Å². The molecule has 0 spiro atoms. The van der Waals surface area contributed by atoms with Gasteiger partial charge in [-0.3, -0.25) is 0 Å². The minimum atomic E-state index is -0.891. The molecule has 0 amide bonds. The van der Waals surface area contributed by atoms with E-state index >= 15 is 0 Å². The zero-order valence-corrected chi connectivity index (χ0v) is 7.13. The van der Waals surface area contributed by atoms with Gasteiger partial charge in [-0.25, -0.2) is 9.78 Å². The lowest BCUT2D eigenvalue weighted by atomic mass is 10.4. The number of aryl methyl sites for hydroxylation is 1. The van der Waals surface area contributed by atoms with Gasteiger partial charge in [-0.05, 0) is 6.07 Å². The van der Waals surface area contributed by atoms with Crippen LogP contribution < -0.4 is 0 Å². The Bertz CT molecular complexity index is 443. The minimum absolute atomic E-state index is 0.337. The molecule has 0 fully saturated rings. The summed E-state index contributed by atoms with van der Waals surface area (Å²) in [4.78, 5) is 15.8. The van der Waals surface area contributed by atoms with Crippen molar-refractivity contribution in [3.05, 3.63) is 17.3 Å². The monoisotopic (exact) mass is 182 g/mol. The molecule has 0 aliphatic rings. The first-order valence-corrected chi connectivity index (χ1v) is 4.14. The molecule has 0 aliphatic carbocycles. The number of aromatic carboxylic acids is 1. The summed E-state index contributed by atoms with van der Waals surface area (Å²) in [5.74, 6) is -0.891. The summed E-state index contributed by atoms with van der Waals surface area (Å²) in [5, 5.41) is 8.67. The summed E-state index contributed by atoms with van der Waals surface area (Å²) in [5.41, 5.74) is 0.750. The first kappa shape index (κ1) is 7.30. The zero-order chi connectivity index (χ0) is 8.72. The third kappa shape index (κ3) is 0.902. The highest BCUT2D eigenvalue weighted by Crippen LogP contribution is 2.23. The molecule has 5 heteroatoms. The summed E-state index contributed by atoms with van der Waals surface area (Å²) in [6.45, 7) is 0. The van der Waals surface area contributed by atoms with Gasteiger partial charge >= 0.3 is 5.97 Å². The van der Waals surface area contributed by atoms with Crippen LogP contribution in [0.2, 0.25) is 0 Å². The van der Waals surface area contributed by atoms with E-state index in [4.69, 9.17) is 5.11 Å². The van der Waals surface area contributed by atoms with Gasteiger partial charge in [0.2, 0.25) is 0 Å². The number of carbonyl (C=O) groups is 1. The first-order chi connectivity index (χ1) is 5.68. The molecule has 0 aliphatic heterocycles. The van der Waals surface area contributed by atoms with Crippen LogP contribution in [-0.2, 0) is 7.05 Å². The molecule has 1 N–H and O–H groups in total. The van der Waals surface area contributed by atoms with Crippen molar-refractivity contribution in [1.29, 1.82) is 0 Å². The maximum Gasteiger partial charge on any atom is 0.346 e. The molecule has 2 aromatic rings. The lowest BCUT2D eigenvalue weighted by molar-refractivity contribution is 0.0702. The average molecular weight is 182 g/mol. The Morgan fingerprint density at radius 2 is 2.50 bits per heavy atom. The molecule has 0 radical (unpaired) electrons. The van der Waals surface area contributed by atoms with Crippen molar-refractivity contribution in [2.24, 2.45) is 7.05 Å². The Balaban J connectivity index is 2.70. The van der Waals surface area contributed by atoms with Crippen LogP contribution >= 0.6 is 11.3 Å². The molecule has 0 atom stereocenters. The molecule has 4 nitrogen and oxygen atoms in total. The third-order valence-electron chi connectivity index (χ3n) is 1.59. The molecule has 0 bridgehead atoms. The van der Waals surface area contributed by atoms with Gasteiger partial charge in [0.05, 0.1) is 6.33 Å². The van der Waals surface area contributed by atoms with E-state index in [2.05, 4.69) is 4.98 Å². The Morgan fingerprint density at radius 1 is 1.75 bits per heavy atom. The van der Waals surface area contributed by atoms with Gasteiger partial charge in [0, 0.05) is 7.05 Å². The summed E-state index contributed by atoms with van der Waals surface area (Å²) in [6, 6.07) is 1.59. The van der Waals surface area contributed by atoms with Crippen LogP contribution in [0.5, 0.6) is 0 Å². The van der Waals surface area contributed by atoms with Crippen molar-refractivity contribution in [2.45, 2.75) is 0 Å². The van der Waals surface area contributed by atoms with E-state index in [9.17, 15) is 4.79 Å². The van der Waals surface area contributed by atoms with E-state index in [1.165, 1.54) is 11.3 Å². The van der Waals surface area contributed by atoms with E-state index < -0.39 is 5.97 Å². The van der Waals surface area contributed by atoms with Crippen LogP contribution in [0.25, 0.3) is 10.3 Å². The summed E-state index contributed by atoms with van der Waals surface area (Å²) < 4.78 is 1.81. The minimum Gasteiger partial charge on any atom is -0.477 e. The second-order valence-corrected chi connectivity index (χ2v) is 3.49. The van der Waals surface area contributed by atoms with E-state index in [1.54, 1.807) is 12.4 Å². The van der Waals surface area contributed by atoms with Crippen molar-refractivity contribution in [2.75, 3.05) is 0 Å². The number of nitrogens with zero attached hydrogens (tertiary/aromatic N) is 2. The zero-order valence-electron chi connectivity index (χ0n) is 6.31. The molecule has 0 aromatic carbocycles. The highest BCUT2D eigenvalue weighted by atomic mass is 32.1. The smallest absolute Gasteiger partial charge is 0.346 e. The molecule has 62 valence electrons. The van der Waals surface area contributed by atoms with Crippen molar-refractivity contribution in [3.8, 4) is 0 Å². The summed E-state index contributed by atoms with van der Waals surface area (Å²) >= 11 is 1.24. The summed E-state index contributed by atoms with van der Waals surface area (Å²) in [7, 11) is 1.84. The fourth-order valence-electron chi connectivity index (χ4n) is 1.02. The Morgan fingerprint density at radius 3 is 3.08 bits per heavy atom. The van der Waals surface area contributed by atoms with Crippen LogP contribution in [0.15, 0.2) is 12.4 Å². The van der Waals surface area contributed by atoms with Gasteiger partial charge in [0.25, 0.3) is 0 Å². The summed E-state index contributed by atoms with van der Waals surface area (Å²) in [6.07, 6.45) is 1.67. The number of carboxylic acids is 1. The van der Waals surface area contributed by atoms with Gasteiger partial charge in [0.15, 0.2) is 0 Å². The number of imidazole rings is 1. The second-order valence-electron chi connectivity index (χ2n) is 2.46. The number of thiophene rings is 1. The number of hydrogen-bond donors (Lipinski definition) is 1. The predicted octanol–water partition coefficient (Wildman–Crippen LogP) is 1.33. The third-order valence-corrected chi connectivity index (χ3v) is 2.80. The normalized spacial score (nSPS) is 10.8. The van der Waals surface area contributed by atoms with E-state index in [1.807, 2.05) is 11.6 Å². The topological polar surface area (TPSA) is 55.1 Å². The van der Waals surface area contributed by atoms with Crippen LogP contribution in [0, 0.1) is 0 Å². The standard InChI is InChI=1S/C7H6N2O2S/c1-9-3-8-4-2-5(7(10)11)12-6(4)9/h2-3H,1H3,(H,10,11). The van der Waals surface area contributed by atoms with Crippen LogP contribution in [0.1, 0.15) is 9.67 Å². The van der Waals surface area contributed by atoms with Crippen LogP contribution in [0.4, 0.5) is 0 Å². The van der Waals surface area contributed by atoms with Gasteiger partial charge in [-0.2, -0.15) is 0 Å². The molecule has 2 rings (SSSR count). The second kappa shape index (κ2) is 2.31. The number of rotatable bonds is 1. The molecule has 2 heterocycles. The molecule has 12 heavy (non-hydrogen) atoms. The molecule has 0 saturated carbocycles. The number of hydrogen-bond acceptors (Lipinski definition) is 3. The quantitative estimate of drug-likeness (QED) is 0.723. The van der Waals surface area contributed by atoms with Crippen molar-refractivity contribution >= 4 is 27.7 Å². The number of carboxylic acid groups (broad SMARTS) is 1. The van der Waals surface area contributed by atoms with Crippen LogP contribution in [-0.4, -0.2) is 20.6 Å². The van der Waals surface area contributed by atoms with Crippen molar-refractivity contribution in [1.82, 2.24) is 9.55 Å². The van der Waals surface area contributed by atoms with E-state index in [0.29, 0.717) is 4.88 Å². The lowest BCUT2D eigenvalue weighted by Gasteiger charge is -1.86. The molecule has 2 aromatic heterocycles. The molecular formula is C7H6N2O2S. The fourth-order valence-corrected chi connectivity index (χ4v) is 1.90. The van der Waals surface area contributed by atoms with Crippen molar-refractivity contribution in [3.63, 3.8) is 0 Å². The van der Waals surface area contributed by atoms with Crippen LogP contribution in [0.3, 0.4) is 0 Å². The SMILES string of the molecule is Cn1cnc2cc(C(=O)O)sc21. The molecule has 0 saturated heterocycles. The maximum atomic E-state index is 10.6. The van der Waals surface area contributed by atoms with Gasteiger partial charge in [0.1, 0.15) is 15.2 Å². The van der Waals surface area contributed by atoms with Gasteiger partial charge in [-0.15, -0.1) is 11.3 Å². The highest BCUT2D eigenvalue weighted by Gasteiger charge is 2.10. The van der Waals surface area contributed by atoms with Gasteiger partial charge in [-0.1, -0.05) is 0 Å². The average Bonchev–Trinajstić information content (AvgIpc) is 2.53. The van der Waals surface area contributed by atoms with E-state index in [0.717, 1.165) is 10.3 Å².